The summed E-state index contributed by atoms with van der Waals surface area (Å²) in [5, 5.41) is 0. The van der Waals surface area contributed by atoms with Crippen LogP contribution in [0.3, 0.4) is 0 Å². The van der Waals surface area contributed by atoms with Crippen molar-refractivity contribution in [3.8, 4) is 0 Å². The standard InChI is InChI=1S/C44H52O6/c1-43(2)36-24-25-44(3,26-36)42(43)50-41-40(48-30-35-22-14-7-15-23-35)39(47-29-34-20-12-6-13-21-34)38(46-28-33-18-10-5-11-19-33)37(49-41)31-45-27-32-16-8-4-9-17-32/h4-23,36-42H,24-31H2,1-3H3/t36?,37?,38-,39?,40?,41+,42?,44?/m1/s1. The van der Waals surface area contributed by atoms with E-state index in [2.05, 4.69) is 69.3 Å². The van der Waals surface area contributed by atoms with Gasteiger partial charge in [0.15, 0.2) is 6.29 Å². The Morgan fingerprint density at radius 2 is 1.04 bits per heavy atom. The van der Waals surface area contributed by atoms with Crippen molar-refractivity contribution < 1.29 is 28.4 Å². The number of ether oxygens (including phenoxy) is 6. The second-order valence-corrected chi connectivity index (χ2v) is 15.3. The number of rotatable bonds is 15. The van der Waals surface area contributed by atoms with Crippen LogP contribution in [0.1, 0.15) is 62.3 Å². The van der Waals surface area contributed by atoms with Gasteiger partial charge in [0.25, 0.3) is 0 Å². The van der Waals surface area contributed by atoms with Crippen LogP contribution in [-0.2, 0) is 54.8 Å². The average molecular weight is 677 g/mol. The normalized spacial score (nSPS) is 30.0. The van der Waals surface area contributed by atoms with Gasteiger partial charge in [-0.25, -0.2) is 0 Å². The van der Waals surface area contributed by atoms with Gasteiger partial charge in [-0.3, -0.25) is 0 Å². The molecule has 8 atom stereocenters. The van der Waals surface area contributed by atoms with Gasteiger partial charge in [0, 0.05) is 0 Å². The Bertz CT molecular complexity index is 1590. The van der Waals surface area contributed by atoms with Gasteiger partial charge in [-0.15, -0.1) is 0 Å². The molecule has 1 saturated heterocycles. The van der Waals surface area contributed by atoms with E-state index in [0.717, 1.165) is 28.7 Å². The Balaban J connectivity index is 1.22. The topological polar surface area (TPSA) is 55.4 Å². The Morgan fingerprint density at radius 1 is 0.580 bits per heavy atom. The molecule has 1 aliphatic heterocycles. The molecule has 2 saturated carbocycles. The fraction of sp³-hybridized carbons (Fsp3) is 0.455. The molecule has 3 fully saturated rings. The maximum atomic E-state index is 7.26. The Morgan fingerprint density at radius 3 is 1.52 bits per heavy atom. The summed E-state index contributed by atoms with van der Waals surface area (Å²) >= 11 is 0. The van der Waals surface area contributed by atoms with E-state index in [-0.39, 0.29) is 16.9 Å². The molecule has 0 N–H and O–H groups in total. The lowest BCUT2D eigenvalue weighted by Gasteiger charge is -2.50. The molecule has 7 rings (SSSR count). The number of hydrogen-bond acceptors (Lipinski definition) is 6. The second kappa shape index (κ2) is 15.9. The van der Waals surface area contributed by atoms with E-state index in [9.17, 15) is 0 Å². The molecule has 4 aromatic rings. The number of benzene rings is 4. The van der Waals surface area contributed by atoms with Gasteiger partial charge in [0.2, 0.25) is 0 Å². The molecule has 0 radical (unpaired) electrons. The predicted molar refractivity (Wildman–Crippen MR) is 194 cm³/mol. The van der Waals surface area contributed by atoms with Crippen molar-refractivity contribution in [3.05, 3.63) is 144 Å². The number of hydrogen-bond donors (Lipinski definition) is 0. The highest BCUT2D eigenvalue weighted by Gasteiger charge is 2.62. The summed E-state index contributed by atoms with van der Waals surface area (Å²) in [6, 6.07) is 41.1. The number of fused-ring (bicyclic) bond motifs is 2. The summed E-state index contributed by atoms with van der Waals surface area (Å²) in [5.74, 6) is 0.627. The summed E-state index contributed by atoms with van der Waals surface area (Å²) in [6.45, 7) is 9.12. The molecule has 3 aliphatic rings. The SMILES string of the molecule is CC12CCC(C1)C(C)(C)C2O[C@@H]1OC(COCc2ccccc2)[C@@H](OCc2ccccc2)C(OCc2ccccc2)C1OCc1ccccc1. The monoisotopic (exact) mass is 676 g/mol. The molecular formula is C44H52O6. The highest BCUT2D eigenvalue weighted by molar-refractivity contribution is 5.17. The van der Waals surface area contributed by atoms with Crippen molar-refractivity contribution in [2.75, 3.05) is 6.61 Å². The van der Waals surface area contributed by atoms with Gasteiger partial charge in [0.1, 0.15) is 24.4 Å². The van der Waals surface area contributed by atoms with Gasteiger partial charge in [-0.2, -0.15) is 0 Å². The van der Waals surface area contributed by atoms with E-state index in [4.69, 9.17) is 28.4 Å². The second-order valence-electron chi connectivity index (χ2n) is 15.3. The van der Waals surface area contributed by atoms with Gasteiger partial charge < -0.3 is 28.4 Å². The third-order valence-corrected chi connectivity index (χ3v) is 11.2. The van der Waals surface area contributed by atoms with E-state index >= 15 is 0 Å². The van der Waals surface area contributed by atoms with Crippen LogP contribution in [0.5, 0.6) is 0 Å². The summed E-state index contributed by atoms with van der Waals surface area (Å²) in [4.78, 5) is 0. The van der Waals surface area contributed by atoms with Crippen LogP contribution in [0, 0.1) is 16.7 Å². The zero-order valence-electron chi connectivity index (χ0n) is 29.7. The zero-order valence-corrected chi connectivity index (χ0v) is 29.7. The van der Waals surface area contributed by atoms with Crippen molar-refractivity contribution in [2.24, 2.45) is 16.7 Å². The molecule has 50 heavy (non-hydrogen) atoms. The molecule has 6 nitrogen and oxygen atoms in total. The van der Waals surface area contributed by atoms with Gasteiger partial charge in [-0.1, -0.05) is 142 Å². The zero-order chi connectivity index (χ0) is 34.4. The first-order chi connectivity index (χ1) is 24.4. The maximum Gasteiger partial charge on any atom is 0.187 e. The predicted octanol–water partition coefficient (Wildman–Crippen LogP) is 8.92. The minimum atomic E-state index is -0.679. The maximum absolute atomic E-state index is 7.26. The van der Waals surface area contributed by atoms with Crippen LogP contribution in [0.15, 0.2) is 121 Å². The average Bonchev–Trinajstić information content (AvgIpc) is 3.64. The van der Waals surface area contributed by atoms with Crippen molar-refractivity contribution in [1.82, 2.24) is 0 Å². The van der Waals surface area contributed by atoms with E-state index in [1.165, 1.54) is 12.8 Å². The third-order valence-electron chi connectivity index (χ3n) is 11.2. The molecule has 0 amide bonds. The molecule has 6 unspecified atom stereocenters. The smallest absolute Gasteiger partial charge is 0.187 e. The highest BCUT2D eigenvalue weighted by atomic mass is 16.7. The molecule has 0 aromatic heterocycles. The Labute approximate surface area is 298 Å². The molecule has 2 aliphatic carbocycles. The summed E-state index contributed by atoms with van der Waals surface area (Å²) in [6.07, 6.45) is 0.924. The molecule has 6 heteroatoms. The van der Waals surface area contributed by atoms with Crippen LogP contribution in [0.2, 0.25) is 0 Å². The molecule has 4 aromatic carbocycles. The molecule has 2 bridgehead atoms. The Kier molecular flexibility index (Phi) is 11.1. The molecular weight excluding hydrogens is 624 g/mol. The lowest BCUT2D eigenvalue weighted by Crippen LogP contribution is -2.63. The van der Waals surface area contributed by atoms with Gasteiger partial charge >= 0.3 is 0 Å². The fourth-order valence-corrected chi connectivity index (χ4v) is 8.59. The fourth-order valence-electron chi connectivity index (χ4n) is 8.59. The summed E-state index contributed by atoms with van der Waals surface area (Å²) < 4.78 is 41.3. The van der Waals surface area contributed by atoms with E-state index in [1.54, 1.807) is 0 Å². The molecule has 0 spiro atoms. The first kappa shape index (κ1) is 35.1. The molecule has 264 valence electrons. The highest BCUT2D eigenvalue weighted by Crippen LogP contribution is 2.64. The van der Waals surface area contributed by atoms with Crippen LogP contribution < -0.4 is 0 Å². The van der Waals surface area contributed by atoms with E-state index in [1.807, 2.05) is 72.8 Å². The summed E-state index contributed by atoms with van der Waals surface area (Å²) in [7, 11) is 0. The van der Waals surface area contributed by atoms with Crippen LogP contribution in [0.4, 0.5) is 0 Å². The third kappa shape index (κ3) is 8.07. The Hall–Kier alpha value is -3.36. The van der Waals surface area contributed by atoms with Crippen LogP contribution in [-0.4, -0.2) is 43.4 Å². The quantitative estimate of drug-likeness (QED) is 0.125. The van der Waals surface area contributed by atoms with Crippen LogP contribution >= 0.6 is 0 Å². The largest absolute Gasteiger partial charge is 0.374 e. The minimum Gasteiger partial charge on any atom is -0.374 e. The minimum absolute atomic E-state index is 0.0146. The first-order valence-electron chi connectivity index (χ1n) is 18.3. The first-order valence-corrected chi connectivity index (χ1v) is 18.3. The molecule has 1 heterocycles. The van der Waals surface area contributed by atoms with Gasteiger partial charge in [0.05, 0.1) is 39.1 Å². The van der Waals surface area contributed by atoms with Crippen LogP contribution in [0.25, 0.3) is 0 Å². The van der Waals surface area contributed by atoms with E-state index < -0.39 is 30.7 Å². The van der Waals surface area contributed by atoms with Crippen molar-refractivity contribution in [2.45, 2.75) is 103 Å². The van der Waals surface area contributed by atoms with E-state index in [0.29, 0.717) is 39.0 Å². The van der Waals surface area contributed by atoms with Crippen molar-refractivity contribution in [3.63, 3.8) is 0 Å². The van der Waals surface area contributed by atoms with Crippen molar-refractivity contribution in [1.29, 1.82) is 0 Å². The lowest BCUT2D eigenvalue weighted by molar-refractivity contribution is -0.348. The summed E-state index contributed by atoms with van der Waals surface area (Å²) in [5.41, 5.74) is 4.45. The lowest BCUT2D eigenvalue weighted by atomic mass is 9.70. The van der Waals surface area contributed by atoms with Crippen molar-refractivity contribution >= 4 is 0 Å². The van der Waals surface area contributed by atoms with Gasteiger partial charge in [-0.05, 0) is 58.3 Å².